The zero-order valence-electron chi connectivity index (χ0n) is 10.0. The van der Waals surface area contributed by atoms with Gasteiger partial charge in [0, 0.05) is 6.54 Å². The lowest BCUT2D eigenvalue weighted by atomic mass is 10.1. The van der Waals surface area contributed by atoms with Crippen LogP contribution in [0.5, 0.6) is 0 Å². The molecule has 0 amide bonds. The van der Waals surface area contributed by atoms with Crippen molar-refractivity contribution in [1.29, 1.82) is 0 Å². The maximum atomic E-state index is 5.52. The van der Waals surface area contributed by atoms with Crippen LogP contribution in [-0.2, 0) is 6.54 Å². The van der Waals surface area contributed by atoms with Crippen molar-refractivity contribution in [2.75, 3.05) is 0 Å². The molecule has 1 unspecified atom stereocenters. The molecule has 1 heterocycles. The molecule has 17 heavy (non-hydrogen) atoms. The average Bonchev–Trinajstić information content (AvgIpc) is 2.74. The molecule has 3 heteroatoms. The lowest BCUT2D eigenvalue weighted by Gasteiger charge is -2.12. The Morgan fingerprint density at radius 2 is 2.00 bits per heavy atom. The maximum absolute atomic E-state index is 5.52. The van der Waals surface area contributed by atoms with E-state index in [4.69, 9.17) is 4.42 Å². The molecule has 1 atom stereocenters. The molecule has 90 valence electrons. The second-order valence-corrected chi connectivity index (χ2v) is 4.95. The van der Waals surface area contributed by atoms with Gasteiger partial charge in [0.25, 0.3) is 0 Å². The summed E-state index contributed by atoms with van der Waals surface area (Å²) in [5.74, 6) is 0.949. The summed E-state index contributed by atoms with van der Waals surface area (Å²) in [6.07, 6.45) is 0. The molecule has 0 saturated heterocycles. The number of nitrogens with one attached hydrogen (secondary N) is 1. The first-order chi connectivity index (χ1) is 8.16. The number of halogens is 1. The van der Waals surface area contributed by atoms with Crippen LogP contribution in [-0.4, -0.2) is 0 Å². The third-order valence-electron chi connectivity index (χ3n) is 2.88. The van der Waals surface area contributed by atoms with E-state index in [2.05, 4.69) is 59.4 Å². The molecule has 0 saturated carbocycles. The smallest absolute Gasteiger partial charge is 0.169 e. The SMILES string of the molecule is Cc1ccccc1CNC(C)c1ccc(Br)o1. The Labute approximate surface area is 110 Å². The van der Waals surface area contributed by atoms with Crippen molar-refractivity contribution in [3.63, 3.8) is 0 Å². The number of rotatable bonds is 4. The summed E-state index contributed by atoms with van der Waals surface area (Å²) in [6, 6.07) is 12.5. The second kappa shape index (κ2) is 5.52. The molecule has 2 nitrogen and oxygen atoms in total. The van der Waals surface area contributed by atoms with Crippen LogP contribution in [0.25, 0.3) is 0 Å². The summed E-state index contributed by atoms with van der Waals surface area (Å²) in [7, 11) is 0. The highest BCUT2D eigenvalue weighted by atomic mass is 79.9. The third kappa shape index (κ3) is 3.20. The number of furan rings is 1. The number of aryl methyl sites for hydroxylation is 1. The van der Waals surface area contributed by atoms with E-state index in [1.165, 1.54) is 11.1 Å². The van der Waals surface area contributed by atoms with Gasteiger partial charge in [-0.3, -0.25) is 0 Å². The van der Waals surface area contributed by atoms with Gasteiger partial charge in [-0.2, -0.15) is 0 Å². The molecule has 0 bridgehead atoms. The van der Waals surface area contributed by atoms with Crippen LogP contribution in [0.2, 0.25) is 0 Å². The number of benzene rings is 1. The predicted molar refractivity (Wildman–Crippen MR) is 72.8 cm³/mol. The first kappa shape index (κ1) is 12.4. The molecule has 1 aromatic carbocycles. The minimum absolute atomic E-state index is 0.209. The van der Waals surface area contributed by atoms with Gasteiger partial charge in [0.1, 0.15) is 5.76 Å². The van der Waals surface area contributed by atoms with E-state index in [0.29, 0.717) is 0 Å². The highest BCUT2D eigenvalue weighted by molar-refractivity contribution is 9.10. The topological polar surface area (TPSA) is 25.2 Å². The fourth-order valence-electron chi connectivity index (χ4n) is 1.73. The van der Waals surface area contributed by atoms with Gasteiger partial charge in [-0.1, -0.05) is 24.3 Å². The van der Waals surface area contributed by atoms with Crippen molar-refractivity contribution in [2.24, 2.45) is 0 Å². The van der Waals surface area contributed by atoms with Crippen LogP contribution in [0, 0.1) is 6.92 Å². The standard InChI is InChI=1S/C14H16BrNO/c1-10-5-3-4-6-12(10)9-16-11(2)13-7-8-14(15)17-13/h3-8,11,16H,9H2,1-2H3. The fourth-order valence-corrected chi connectivity index (χ4v) is 2.05. The van der Waals surface area contributed by atoms with E-state index < -0.39 is 0 Å². The zero-order chi connectivity index (χ0) is 12.3. The molecule has 0 spiro atoms. The van der Waals surface area contributed by atoms with Crippen LogP contribution in [0.4, 0.5) is 0 Å². The van der Waals surface area contributed by atoms with E-state index in [1.54, 1.807) is 0 Å². The van der Waals surface area contributed by atoms with Crippen molar-refractivity contribution in [3.8, 4) is 0 Å². The van der Waals surface area contributed by atoms with Crippen molar-refractivity contribution in [2.45, 2.75) is 26.4 Å². The average molecular weight is 294 g/mol. The maximum Gasteiger partial charge on any atom is 0.169 e. The third-order valence-corrected chi connectivity index (χ3v) is 3.31. The molecule has 0 aliphatic rings. The molecule has 2 rings (SSSR count). The van der Waals surface area contributed by atoms with Gasteiger partial charge in [0.15, 0.2) is 4.67 Å². The summed E-state index contributed by atoms with van der Waals surface area (Å²) < 4.78 is 6.29. The van der Waals surface area contributed by atoms with Crippen molar-refractivity contribution in [3.05, 3.63) is 58.0 Å². The van der Waals surface area contributed by atoms with Crippen molar-refractivity contribution in [1.82, 2.24) is 5.32 Å². The molecule has 0 fully saturated rings. The summed E-state index contributed by atoms with van der Waals surface area (Å²) in [6.45, 7) is 5.08. The van der Waals surface area contributed by atoms with Crippen molar-refractivity contribution < 1.29 is 4.42 Å². The molecule has 2 aromatic rings. The Bertz CT molecular complexity index is 492. The Morgan fingerprint density at radius 1 is 1.24 bits per heavy atom. The van der Waals surface area contributed by atoms with Gasteiger partial charge in [-0.05, 0) is 53.0 Å². The molecule has 0 aliphatic carbocycles. The Morgan fingerprint density at radius 3 is 2.65 bits per heavy atom. The number of hydrogen-bond acceptors (Lipinski definition) is 2. The monoisotopic (exact) mass is 293 g/mol. The summed E-state index contributed by atoms with van der Waals surface area (Å²) >= 11 is 3.31. The normalized spacial score (nSPS) is 12.6. The quantitative estimate of drug-likeness (QED) is 0.914. The minimum atomic E-state index is 0.209. The number of hydrogen-bond donors (Lipinski definition) is 1. The van der Waals surface area contributed by atoms with Gasteiger partial charge in [0.2, 0.25) is 0 Å². The van der Waals surface area contributed by atoms with Gasteiger partial charge >= 0.3 is 0 Å². The summed E-state index contributed by atoms with van der Waals surface area (Å²) in [5.41, 5.74) is 2.64. The van der Waals surface area contributed by atoms with E-state index in [9.17, 15) is 0 Å². The van der Waals surface area contributed by atoms with Gasteiger partial charge in [0.05, 0.1) is 6.04 Å². The van der Waals surface area contributed by atoms with Crippen LogP contribution in [0.1, 0.15) is 29.9 Å². The van der Waals surface area contributed by atoms with E-state index in [0.717, 1.165) is 17.0 Å². The fraction of sp³-hybridized carbons (Fsp3) is 0.286. The second-order valence-electron chi connectivity index (χ2n) is 4.17. The van der Waals surface area contributed by atoms with E-state index in [-0.39, 0.29) is 6.04 Å². The van der Waals surface area contributed by atoms with E-state index in [1.807, 2.05) is 12.1 Å². The summed E-state index contributed by atoms with van der Waals surface area (Å²) in [4.78, 5) is 0. The van der Waals surface area contributed by atoms with Crippen LogP contribution < -0.4 is 5.32 Å². The molecular formula is C14H16BrNO. The minimum Gasteiger partial charge on any atom is -0.453 e. The van der Waals surface area contributed by atoms with Gasteiger partial charge in [-0.25, -0.2) is 0 Å². The Kier molecular flexibility index (Phi) is 4.02. The summed E-state index contributed by atoms with van der Waals surface area (Å²) in [5, 5.41) is 3.45. The first-order valence-electron chi connectivity index (χ1n) is 5.70. The Balaban J connectivity index is 1.97. The molecule has 1 aromatic heterocycles. The van der Waals surface area contributed by atoms with Gasteiger partial charge < -0.3 is 9.73 Å². The predicted octanol–water partition coefficient (Wildman–Crippen LogP) is 4.20. The molecule has 0 radical (unpaired) electrons. The molecule has 1 N–H and O–H groups in total. The highest BCUT2D eigenvalue weighted by Crippen LogP contribution is 2.20. The van der Waals surface area contributed by atoms with Crippen LogP contribution in [0.3, 0.4) is 0 Å². The zero-order valence-corrected chi connectivity index (χ0v) is 11.6. The molecular weight excluding hydrogens is 278 g/mol. The largest absolute Gasteiger partial charge is 0.453 e. The van der Waals surface area contributed by atoms with Crippen LogP contribution >= 0.6 is 15.9 Å². The van der Waals surface area contributed by atoms with Crippen molar-refractivity contribution >= 4 is 15.9 Å². The lowest BCUT2D eigenvalue weighted by Crippen LogP contribution is -2.18. The van der Waals surface area contributed by atoms with Crippen LogP contribution in [0.15, 0.2) is 45.5 Å². The van der Waals surface area contributed by atoms with Gasteiger partial charge in [-0.15, -0.1) is 0 Å². The Hall–Kier alpha value is -1.06. The molecule has 0 aliphatic heterocycles. The lowest BCUT2D eigenvalue weighted by molar-refractivity contribution is 0.417. The van der Waals surface area contributed by atoms with E-state index >= 15 is 0 Å². The first-order valence-corrected chi connectivity index (χ1v) is 6.49. The highest BCUT2D eigenvalue weighted by Gasteiger charge is 2.09.